The van der Waals surface area contributed by atoms with E-state index in [1.165, 1.54) is 0 Å². The molecule has 1 aliphatic rings. The highest BCUT2D eigenvalue weighted by atomic mass is 79.9. The summed E-state index contributed by atoms with van der Waals surface area (Å²) >= 11 is 8.59. The van der Waals surface area contributed by atoms with Crippen molar-refractivity contribution in [2.24, 2.45) is 0 Å². The first-order valence-electron chi connectivity index (χ1n) is 8.90. The lowest BCUT2D eigenvalue weighted by molar-refractivity contribution is 0.0858. The maximum absolute atomic E-state index is 12.5. The van der Waals surface area contributed by atoms with Crippen LogP contribution in [0.15, 0.2) is 53.0 Å². The Morgan fingerprint density at radius 3 is 2.50 bits per heavy atom. The molecule has 28 heavy (non-hydrogen) atoms. The van der Waals surface area contributed by atoms with E-state index in [4.69, 9.17) is 17.0 Å². The number of anilines is 1. The molecule has 2 aromatic rings. The number of thiocarbonyl (C=S) groups is 1. The average molecular weight is 462 g/mol. The number of amides is 2. The Labute approximate surface area is 177 Å². The van der Waals surface area contributed by atoms with Crippen molar-refractivity contribution in [1.82, 2.24) is 10.6 Å². The van der Waals surface area contributed by atoms with E-state index >= 15 is 0 Å². The third-order valence-electron chi connectivity index (χ3n) is 4.28. The van der Waals surface area contributed by atoms with E-state index in [0.29, 0.717) is 27.8 Å². The first-order valence-corrected chi connectivity index (χ1v) is 10.1. The van der Waals surface area contributed by atoms with E-state index in [0.717, 1.165) is 19.4 Å². The van der Waals surface area contributed by atoms with Gasteiger partial charge in [0.15, 0.2) is 5.11 Å². The van der Waals surface area contributed by atoms with Gasteiger partial charge < -0.3 is 15.4 Å². The Bertz CT molecular complexity index is 885. The molecule has 0 bridgehead atoms. The molecule has 0 radical (unpaired) electrons. The zero-order valence-corrected chi connectivity index (χ0v) is 17.4. The molecule has 1 atom stereocenters. The Morgan fingerprint density at radius 2 is 1.79 bits per heavy atom. The summed E-state index contributed by atoms with van der Waals surface area (Å²) in [6.07, 6.45) is 2.03. The topological polar surface area (TPSA) is 79.5 Å². The molecular formula is C20H20BrN3O3S. The summed E-state index contributed by atoms with van der Waals surface area (Å²) in [4.78, 5) is 24.9. The van der Waals surface area contributed by atoms with E-state index in [-0.39, 0.29) is 23.0 Å². The summed E-state index contributed by atoms with van der Waals surface area (Å²) in [6, 6.07) is 14.1. The molecule has 1 unspecified atom stereocenters. The number of hydrogen-bond acceptors (Lipinski definition) is 4. The molecule has 1 saturated heterocycles. The van der Waals surface area contributed by atoms with Gasteiger partial charge in [-0.1, -0.05) is 24.3 Å². The molecule has 2 aromatic carbocycles. The zero-order chi connectivity index (χ0) is 19.9. The maximum Gasteiger partial charge on any atom is 0.258 e. The van der Waals surface area contributed by atoms with Crippen molar-refractivity contribution in [3.63, 3.8) is 0 Å². The van der Waals surface area contributed by atoms with Crippen LogP contribution in [0.3, 0.4) is 0 Å². The van der Waals surface area contributed by atoms with Crippen molar-refractivity contribution >= 4 is 50.8 Å². The first-order chi connectivity index (χ1) is 13.5. The summed E-state index contributed by atoms with van der Waals surface area (Å²) in [6.45, 7) is 1.21. The Morgan fingerprint density at radius 1 is 1.07 bits per heavy atom. The smallest absolute Gasteiger partial charge is 0.258 e. The fraction of sp³-hybridized carbons (Fsp3) is 0.250. The monoisotopic (exact) mass is 461 g/mol. The van der Waals surface area contributed by atoms with Crippen LogP contribution < -0.4 is 16.0 Å². The third kappa shape index (κ3) is 5.37. The minimum absolute atomic E-state index is 0.0637. The van der Waals surface area contributed by atoms with Gasteiger partial charge in [-0.3, -0.25) is 14.9 Å². The van der Waals surface area contributed by atoms with Crippen LogP contribution in [-0.4, -0.2) is 36.2 Å². The summed E-state index contributed by atoms with van der Waals surface area (Å²) in [7, 11) is 0. The van der Waals surface area contributed by atoms with E-state index in [2.05, 4.69) is 31.9 Å². The van der Waals surface area contributed by atoms with Gasteiger partial charge in [-0.2, -0.15) is 0 Å². The molecule has 3 N–H and O–H groups in total. The summed E-state index contributed by atoms with van der Waals surface area (Å²) in [5.41, 5.74) is 1.43. The summed E-state index contributed by atoms with van der Waals surface area (Å²) in [5, 5.41) is 8.56. The summed E-state index contributed by atoms with van der Waals surface area (Å²) < 4.78 is 6.20. The predicted molar refractivity (Wildman–Crippen MR) is 116 cm³/mol. The van der Waals surface area contributed by atoms with Crippen molar-refractivity contribution in [2.75, 3.05) is 18.5 Å². The molecule has 1 heterocycles. The van der Waals surface area contributed by atoms with Gasteiger partial charge in [0.2, 0.25) is 0 Å². The lowest BCUT2D eigenvalue weighted by atomic mass is 10.1. The number of carbonyl (C=O) groups is 2. The Hall–Kier alpha value is -2.29. The Kier molecular flexibility index (Phi) is 7.13. The maximum atomic E-state index is 12.5. The van der Waals surface area contributed by atoms with Crippen LogP contribution in [0.25, 0.3) is 0 Å². The molecule has 8 heteroatoms. The number of benzene rings is 2. The summed E-state index contributed by atoms with van der Waals surface area (Å²) in [5.74, 6) is -0.566. The number of ether oxygens (including phenoxy) is 1. The number of hydrogen-bond donors (Lipinski definition) is 3. The highest BCUT2D eigenvalue weighted by Gasteiger charge is 2.18. The normalized spacial score (nSPS) is 15.7. The lowest BCUT2D eigenvalue weighted by Gasteiger charge is -2.15. The Balaban J connectivity index is 1.62. The van der Waals surface area contributed by atoms with Gasteiger partial charge in [0.1, 0.15) is 0 Å². The van der Waals surface area contributed by atoms with E-state index in [1.807, 2.05) is 6.07 Å². The van der Waals surface area contributed by atoms with E-state index < -0.39 is 0 Å². The van der Waals surface area contributed by atoms with Crippen LogP contribution in [0.2, 0.25) is 0 Å². The molecule has 0 aliphatic carbocycles. The molecule has 146 valence electrons. The molecule has 6 nitrogen and oxygen atoms in total. The second-order valence-electron chi connectivity index (χ2n) is 6.28. The minimum atomic E-state index is -0.342. The first kappa shape index (κ1) is 20.4. The quantitative estimate of drug-likeness (QED) is 0.593. The van der Waals surface area contributed by atoms with Crippen molar-refractivity contribution in [3.8, 4) is 0 Å². The molecule has 0 saturated carbocycles. The molecule has 0 aromatic heterocycles. The molecule has 3 rings (SSSR count). The number of carbonyl (C=O) groups excluding carboxylic acids is 2. The van der Waals surface area contributed by atoms with Crippen LogP contribution in [0.5, 0.6) is 0 Å². The lowest BCUT2D eigenvalue weighted by Crippen LogP contribution is -2.36. The van der Waals surface area contributed by atoms with Gasteiger partial charge in [0.25, 0.3) is 11.8 Å². The van der Waals surface area contributed by atoms with Crippen LogP contribution in [0.1, 0.15) is 33.6 Å². The van der Waals surface area contributed by atoms with Gasteiger partial charge in [0, 0.05) is 17.6 Å². The van der Waals surface area contributed by atoms with Crippen molar-refractivity contribution in [1.29, 1.82) is 0 Å². The van der Waals surface area contributed by atoms with Crippen LogP contribution in [0.4, 0.5) is 5.69 Å². The van der Waals surface area contributed by atoms with E-state index in [1.54, 1.807) is 42.5 Å². The molecule has 1 fully saturated rings. The van der Waals surface area contributed by atoms with Crippen LogP contribution in [0, 0.1) is 0 Å². The van der Waals surface area contributed by atoms with Gasteiger partial charge in [-0.05, 0) is 65.3 Å². The van der Waals surface area contributed by atoms with Gasteiger partial charge >= 0.3 is 0 Å². The highest BCUT2D eigenvalue weighted by molar-refractivity contribution is 9.10. The van der Waals surface area contributed by atoms with E-state index in [9.17, 15) is 9.59 Å². The second-order valence-corrected chi connectivity index (χ2v) is 7.54. The van der Waals surface area contributed by atoms with Gasteiger partial charge in [-0.15, -0.1) is 0 Å². The standard InChI is InChI=1S/C20H20BrN3O3S/c21-16-9-3-1-7-14(16)19(26)24-20(28)23-17-10-4-2-8-15(17)18(25)22-12-13-6-5-11-27-13/h1-4,7-10,13H,5-6,11-12H2,(H,22,25)(H2,23,24,26,28). The van der Waals surface area contributed by atoms with Crippen molar-refractivity contribution in [2.45, 2.75) is 18.9 Å². The fourth-order valence-electron chi connectivity index (χ4n) is 2.87. The molecular weight excluding hydrogens is 442 g/mol. The van der Waals surface area contributed by atoms with Crippen LogP contribution in [-0.2, 0) is 4.74 Å². The second kappa shape index (κ2) is 9.77. The van der Waals surface area contributed by atoms with Gasteiger partial charge in [0.05, 0.1) is 22.9 Å². The number of halogens is 1. The number of nitrogens with one attached hydrogen (secondary N) is 3. The van der Waals surface area contributed by atoms with Gasteiger partial charge in [-0.25, -0.2) is 0 Å². The SMILES string of the molecule is O=C(NC(=S)Nc1ccccc1C(=O)NCC1CCCO1)c1ccccc1Br. The fourth-order valence-corrected chi connectivity index (χ4v) is 3.53. The molecule has 1 aliphatic heterocycles. The minimum Gasteiger partial charge on any atom is -0.376 e. The largest absolute Gasteiger partial charge is 0.376 e. The van der Waals surface area contributed by atoms with Crippen molar-refractivity contribution < 1.29 is 14.3 Å². The molecule has 2 amide bonds. The average Bonchev–Trinajstić information content (AvgIpc) is 3.20. The number of rotatable bonds is 5. The molecule has 0 spiro atoms. The van der Waals surface area contributed by atoms with Crippen LogP contribution >= 0.6 is 28.1 Å². The third-order valence-corrected chi connectivity index (χ3v) is 5.18. The predicted octanol–water partition coefficient (Wildman–Crippen LogP) is 3.48. The highest BCUT2D eigenvalue weighted by Crippen LogP contribution is 2.17. The van der Waals surface area contributed by atoms with Crippen molar-refractivity contribution in [3.05, 3.63) is 64.1 Å². The zero-order valence-electron chi connectivity index (χ0n) is 15.0. The number of para-hydroxylation sites is 1.